The molecule has 5 unspecified atom stereocenters. The summed E-state index contributed by atoms with van der Waals surface area (Å²) in [5.74, 6) is -5.12. The van der Waals surface area contributed by atoms with Crippen LogP contribution in [0.15, 0.2) is 60.8 Å². The van der Waals surface area contributed by atoms with E-state index in [1.165, 1.54) is 6.92 Å². The van der Waals surface area contributed by atoms with Gasteiger partial charge in [-0.15, -0.1) is 0 Å². The van der Waals surface area contributed by atoms with E-state index in [1.54, 1.807) is 36.5 Å². The van der Waals surface area contributed by atoms with Gasteiger partial charge >= 0.3 is 11.9 Å². The normalized spacial score (nSPS) is 14.6. The third-order valence-electron chi connectivity index (χ3n) is 6.69. The summed E-state index contributed by atoms with van der Waals surface area (Å²) in [6.45, 7) is 1.20. The summed E-state index contributed by atoms with van der Waals surface area (Å²) in [5.41, 5.74) is 8.43. The van der Waals surface area contributed by atoms with Crippen LogP contribution in [0.2, 0.25) is 0 Å². The van der Waals surface area contributed by atoms with E-state index in [9.17, 15) is 39.3 Å². The Balaban J connectivity index is 1.77. The van der Waals surface area contributed by atoms with Crippen molar-refractivity contribution in [1.29, 1.82) is 0 Å². The highest BCUT2D eigenvalue weighted by Crippen LogP contribution is 2.19. The number of H-pyrrole nitrogens is 1. The molecule has 0 aliphatic carbocycles. The minimum absolute atomic E-state index is 0.0514. The lowest BCUT2D eigenvalue weighted by molar-refractivity contribution is -0.145. The first kappa shape index (κ1) is 31.8. The number of aliphatic carboxylic acids is 2. The van der Waals surface area contributed by atoms with E-state index in [2.05, 4.69) is 20.9 Å². The molecular weight excluding hydrogens is 546 g/mol. The zero-order valence-electron chi connectivity index (χ0n) is 22.9. The molecule has 9 N–H and O–H groups in total. The zero-order valence-corrected chi connectivity index (χ0v) is 22.9. The molecule has 3 amide bonds. The quantitative estimate of drug-likeness (QED) is 0.121. The SMILES string of the molecule is CC(O)C(NC(=O)C(Cc1ccccc1)NC(=O)C(CCC(=O)O)NC(=O)C(N)Cc1c[nH]c2ccccc12)C(=O)O. The predicted molar refractivity (Wildman–Crippen MR) is 152 cm³/mol. The third-order valence-corrected chi connectivity index (χ3v) is 6.69. The Morgan fingerprint density at radius 2 is 1.45 bits per heavy atom. The molecule has 13 nitrogen and oxygen atoms in total. The van der Waals surface area contributed by atoms with Crippen molar-refractivity contribution >= 4 is 40.6 Å². The van der Waals surface area contributed by atoms with Crippen LogP contribution in [0.4, 0.5) is 0 Å². The number of amides is 3. The van der Waals surface area contributed by atoms with Crippen molar-refractivity contribution in [3.05, 3.63) is 71.9 Å². The molecule has 0 spiro atoms. The van der Waals surface area contributed by atoms with E-state index in [1.807, 2.05) is 24.3 Å². The molecule has 3 rings (SSSR count). The van der Waals surface area contributed by atoms with E-state index in [0.717, 1.165) is 16.5 Å². The number of fused-ring (bicyclic) bond motifs is 1. The number of carboxylic acid groups (broad SMARTS) is 2. The summed E-state index contributed by atoms with van der Waals surface area (Å²) in [6, 6.07) is 10.6. The van der Waals surface area contributed by atoms with Gasteiger partial charge in [-0.2, -0.15) is 0 Å². The summed E-state index contributed by atoms with van der Waals surface area (Å²) in [6.07, 6.45) is -0.369. The number of carbonyl (C=O) groups is 5. The van der Waals surface area contributed by atoms with E-state index in [4.69, 9.17) is 5.73 Å². The highest BCUT2D eigenvalue weighted by atomic mass is 16.4. The van der Waals surface area contributed by atoms with Gasteiger partial charge in [-0.3, -0.25) is 19.2 Å². The molecule has 0 saturated heterocycles. The smallest absolute Gasteiger partial charge is 0.328 e. The summed E-state index contributed by atoms with van der Waals surface area (Å²) < 4.78 is 0. The molecule has 0 aliphatic rings. The summed E-state index contributed by atoms with van der Waals surface area (Å²) in [5, 5.41) is 36.5. The van der Waals surface area contributed by atoms with Gasteiger partial charge in [-0.1, -0.05) is 48.5 Å². The van der Waals surface area contributed by atoms with Gasteiger partial charge in [0.15, 0.2) is 6.04 Å². The summed E-state index contributed by atoms with van der Waals surface area (Å²) in [4.78, 5) is 65.4. The number of rotatable bonds is 15. The van der Waals surface area contributed by atoms with Gasteiger partial charge in [0.1, 0.15) is 12.1 Å². The van der Waals surface area contributed by atoms with E-state index in [-0.39, 0.29) is 19.3 Å². The molecule has 42 heavy (non-hydrogen) atoms. The van der Waals surface area contributed by atoms with Crippen LogP contribution in [-0.4, -0.2) is 80.2 Å². The molecule has 0 radical (unpaired) electrons. The summed E-state index contributed by atoms with van der Waals surface area (Å²) in [7, 11) is 0. The van der Waals surface area contributed by atoms with Crippen LogP contribution in [0.5, 0.6) is 0 Å². The fourth-order valence-corrected chi connectivity index (χ4v) is 4.42. The van der Waals surface area contributed by atoms with Crippen molar-refractivity contribution in [2.45, 2.75) is 62.9 Å². The number of benzene rings is 2. The first-order chi connectivity index (χ1) is 20.0. The number of aromatic amines is 1. The van der Waals surface area contributed by atoms with Crippen LogP contribution < -0.4 is 21.7 Å². The Bertz CT molecular complexity index is 1410. The molecule has 5 atom stereocenters. The molecule has 3 aromatic rings. The van der Waals surface area contributed by atoms with Crippen molar-refractivity contribution in [3.8, 4) is 0 Å². The van der Waals surface area contributed by atoms with Crippen molar-refractivity contribution in [2.24, 2.45) is 5.73 Å². The Labute approximate surface area is 241 Å². The monoisotopic (exact) mass is 581 g/mol. The lowest BCUT2D eigenvalue weighted by Gasteiger charge is -2.26. The number of hydrogen-bond donors (Lipinski definition) is 8. The fraction of sp³-hybridized carbons (Fsp3) is 0.345. The van der Waals surface area contributed by atoms with Gasteiger partial charge in [0.25, 0.3) is 0 Å². The zero-order chi connectivity index (χ0) is 30.8. The number of aliphatic hydroxyl groups excluding tert-OH is 1. The Kier molecular flexibility index (Phi) is 11.2. The number of aliphatic hydroxyl groups is 1. The van der Waals surface area contributed by atoms with Crippen LogP contribution in [0.25, 0.3) is 10.9 Å². The molecule has 0 aliphatic heterocycles. The molecule has 13 heteroatoms. The van der Waals surface area contributed by atoms with Crippen molar-refractivity contribution < 1.29 is 39.3 Å². The first-order valence-corrected chi connectivity index (χ1v) is 13.3. The van der Waals surface area contributed by atoms with Crippen molar-refractivity contribution in [2.75, 3.05) is 0 Å². The second kappa shape index (κ2) is 14.8. The Morgan fingerprint density at radius 1 is 0.833 bits per heavy atom. The predicted octanol–water partition coefficient (Wildman–Crippen LogP) is 0.0650. The van der Waals surface area contributed by atoms with Crippen LogP contribution >= 0.6 is 0 Å². The van der Waals surface area contributed by atoms with Crippen LogP contribution in [0.1, 0.15) is 30.9 Å². The van der Waals surface area contributed by atoms with E-state index >= 15 is 0 Å². The Hall–Kier alpha value is -4.75. The number of nitrogens with one attached hydrogen (secondary N) is 4. The average Bonchev–Trinajstić information content (AvgIpc) is 3.35. The van der Waals surface area contributed by atoms with Gasteiger partial charge in [0.2, 0.25) is 17.7 Å². The van der Waals surface area contributed by atoms with Gasteiger partial charge in [0.05, 0.1) is 12.1 Å². The molecular formula is C29H35N5O8. The number of nitrogens with two attached hydrogens (primary N) is 1. The van der Waals surface area contributed by atoms with Gasteiger partial charge in [0, 0.05) is 29.9 Å². The average molecular weight is 582 g/mol. The largest absolute Gasteiger partial charge is 0.481 e. The molecule has 0 fully saturated rings. The fourth-order valence-electron chi connectivity index (χ4n) is 4.42. The maximum atomic E-state index is 13.4. The first-order valence-electron chi connectivity index (χ1n) is 13.3. The number of aromatic nitrogens is 1. The minimum atomic E-state index is -1.64. The van der Waals surface area contributed by atoms with E-state index in [0.29, 0.717) is 5.56 Å². The van der Waals surface area contributed by atoms with Gasteiger partial charge in [-0.05, 0) is 37.0 Å². The molecule has 0 bridgehead atoms. The highest BCUT2D eigenvalue weighted by Gasteiger charge is 2.32. The maximum absolute atomic E-state index is 13.4. The number of para-hydroxylation sites is 1. The number of carbonyl (C=O) groups excluding carboxylic acids is 3. The lowest BCUT2D eigenvalue weighted by Crippen LogP contribution is -2.59. The second-order valence-electron chi connectivity index (χ2n) is 9.98. The van der Waals surface area contributed by atoms with Crippen LogP contribution in [-0.2, 0) is 36.8 Å². The molecule has 0 saturated carbocycles. The molecule has 2 aromatic carbocycles. The van der Waals surface area contributed by atoms with Crippen molar-refractivity contribution in [3.63, 3.8) is 0 Å². The van der Waals surface area contributed by atoms with Crippen molar-refractivity contribution in [1.82, 2.24) is 20.9 Å². The number of carboxylic acids is 2. The van der Waals surface area contributed by atoms with Crippen LogP contribution in [0.3, 0.4) is 0 Å². The highest BCUT2D eigenvalue weighted by molar-refractivity contribution is 5.95. The standard InChI is InChI=1S/C29H35N5O8/c1-16(35)25(29(41)42)34-28(40)23(13-17-7-3-2-4-8-17)33-27(39)22(11-12-24(36)37)32-26(38)20(30)14-18-15-31-21-10-6-5-9-19(18)21/h2-10,15-16,20,22-23,25,31,35H,11-14,30H2,1H3,(H,32,38)(H,33,39)(H,34,40)(H,36,37)(H,41,42). The van der Waals surface area contributed by atoms with Gasteiger partial charge in [-0.25, -0.2) is 4.79 Å². The molecule has 224 valence electrons. The van der Waals surface area contributed by atoms with E-state index < -0.39 is 66.4 Å². The Morgan fingerprint density at radius 3 is 2.10 bits per heavy atom. The minimum Gasteiger partial charge on any atom is -0.481 e. The number of hydrogen-bond acceptors (Lipinski definition) is 7. The topological polar surface area (TPSA) is 224 Å². The molecule has 1 heterocycles. The molecule has 1 aromatic heterocycles. The van der Waals surface area contributed by atoms with Crippen LogP contribution in [0, 0.1) is 0 Å². The third kappa shape index (κ3) is 8.88. The maximum Gasteiger partial charge on any atom is 0.328 e. The summed E-state index contributed by atoms with van der Waals surface area (Å²) >= 11 is 0. The second-order valence-corrected chi connectivity index (χ2v) is 9.98. The van der Waals surface area contributed by atoms with Gasteiger partial charge < -0.3 is 42.0 Å². The lowest BCUT2D eigenvalue weighted by atomic mass is 10.0.